The van der Waals surface area contributed by atoms with Gasteiger partial charge < -0.3 is 14.4 Å². The van der Waals surface area contributed by atoms with E-state index >= 15 is 0 Å². The summed E-state index contributed by atoms with van der Waals surface area (Å²) in [6, 6.07) is 13.8. The minimum atomic E-state index is -0.892. The second-order valence-corrected chi connectivity index (χ2v) is 6.03. The van der Waals surface area contributed by atoms with Crippen LogP contribution < -0.4 is 4.74 Å². The van der Waals surface area contributed by atoms with Crippen molar-refractivity contribution >= 4 is 16.9 Å². The van der Waals surface area contributed by atoms with Crippen LogP contribution in [0.25, 0.3) is 10.9 Å². The summed E-state index contributed by atoms with van der Waals surface area (Å²) >= 11 is 0. The highest BCUT2D eigenvalue weighted by Gasteiger charge is 2.13. The predicted molar refractivity (Wildman–Crippen MR) is 94.9 cm³/mol. The lowest BCUT2D eigenvalue weighted by molar-refractivity contribution is 0.0699. The van der Waals surface area contributed by atoms with Crippen LogP contribution in [0.2, 0.25) is 0 Å². The Kier molecular flexibility index (Phi) is 4.56. The molecule has 24 heavy (non-hydrogen) atoms. The first kappa shape index (κ1) is 16.1. The summed E-state index contributed by atoms with van der Waals surface area (Å²) in [6.45, 7) is 5.40. The number of hydrogen-bond donors (Lipinski definition) is 1. The van der Waals surface area contributed by atoms with Crippen molar-refractivity contribution < 1.29 is 14.6 Å². The van der Waals surface area contributed by atoms with Gasteiger partial charge in [0.15, 0.2) is 0 Å². The molecule has 0 aliphatic rings. The van der Waals surface area contributed by atoms with Crippen molar-refractivity contribution in [1.29, 1.82) is 0 Å². The summed E-state index contributed by atoms with van der Waals surface area (Å²) in [5, 5.41) is 10.1. The molecule has 0 aliphatic carbocycles. The maximum atomic E-state index is 11.4. The second kappa shape index (κ2) is 6.79. The fourth-order valence-electron chi connectivity index (χ4n) is 2.88. The highest BCUT2D eigenvalue weighted by atomic mass is 16.5. The topological polar surface area (TPSA) is 51.5 Å². The fraction of sp³-hybridized carbons (Fsp3) is 0.250. The number of fused-ring (bicyclic) bond motifs is 1. The molecule has 0 fully saturated rings. The maximum absolute atomic E-state index is 11.4. The van der Waals surface area contributed by atoms with Crippen molar-refractivity contribution in [1.82, 2.24) is 4.57 Å². The summed E-state index contributed by atoms with van der Waals surface area (Å²) < 4.78 is 7.87. The van der Waals surface area contributed by atoms with Crippen molar-refractivity contribution in [2.75, 3.05) is 6.61 Å². The molecular weight excluding hydrogens is 302 g/mol. The number of aryl methyl sites for hydroxylation is 3. The molecule has 0 spiro atoms. The van der Waals surface area contributed by atoms with E-state index in [4.69, 9.17) is 4.74 Å². The first-order valence-corrected chi connectivity index (χ1v) is 8.07. The lowest BCUT2D eigenvalue weighted by Gasteiger charge is -2.10. The molecule has 0 saturated carbocycles. The number of aromatic nitrogens is 1. The average Bonchev–Trinajstić information content (AvgIpc) is 2.94. The third kappa shape index (κ3) is 3.27. The molecule has 3 aromatic rings. The van der Waals surface area contributed by atoms with E-state index in [1.54, 1.807) is 6.20 Å². The zero-order chi connectivity index (χ0) is 17.1. The van der Waals surface area contributed by atoms with Crippen molar-refractivity contribution in [2.45, 2.75) is 26.8 Å². The highest BCUT2D eigenvalue weighted by molar-refractivity contribution is 6.03. The lowest BCUT2D eigenvalue weighted by Crippen LogP contribution is -2.05. The highest BCUT2D eigenvalue weighted by Crippen LogP contribution is 2.22. The van der Waals surface area contributed by atoms with Gasteiger partial charge in [-0.25, -0.2) is 4.79 Å². The van der Waals surface area contributed by atoms with Gasteiger partial charge in [-0.15, -0.1) is 0 Å². The molecule has 2 aromatic carbocycles. The predicted octanol–water partition coefficient (Wildman–Crippen LogP) is 4.43. The number of hydrogen-bond acceptors (Lipinski definition) is 2. The van der Waals surface area contributed by atoms with E-state index in [2.05, 4.69) is 12.1 Å². The fourth-order valence-corrected chi connectivity index (χ4v) is 2.88. The van der Waals surface area contributed by atoms with Gasteiger partial charge in [-0.2, -0.15) is 0 Å². The monoisotopic (exact) mass is 323 g/mol. The molecule has 0 atom stereocenters. The number of nitrogens with zero attached hydrogens (tertiary/aromatic N) is 1. The molecule has 4 nitrogen and oxygen atoms in total. The Hall–Kier alpha value is -2.75. The van der Waals surface area contributed by atoms with Crippen LogP contribution in [0.4, 0.5) is 0 Å². The van der Waals surface area contributed by atoms with E-state index < -0.39 is 5.97 Å². The van der Waals surface area contributed by atoms with Crippen LogP contribution in [0.3, 0.4) is 0 Å². The number of para-hydroxylation sites is 1. The van der Waals surface area contributed by atoms with Gasteiger partial charge >= 0.3 is 5.97 Å². The molecule has 124 valence electrons. The standard InChI is InChI=1S/C20H21NO3/c1-14-8-9-15(2)19(12-14)24-11-5-10-21-13-17(20(22)23)16-6-3-4-7-18(16)21/h3-4,6-9,12-13H,5,10-11H2,1-2H3,(H,22,23). The van der Waals surface area contributed by atoms with Gasteiger partial charge in [-0.05, 0) is 43.5 Å². The minimum absolute atomic E-state index is 0.348. The zero-order valence-corrected chi connectivity index (χ0v) is 14.0. The summed E-state index contributed by atoms with van der Waals surface area (Å²) in [5.41, 5.74) is 3.60. The molecule has 0 radical (unpaired) electrons. The van der Waals surface area contributed by atoms with Gasteiger partial charge in [0.2, 0.25) is 0 Å². The van der Waals surface area contributed by atoms with Crippen LogP contribution in [0.15, 0.2) is 48.7 Å². The van der Waals surface area contributed by atoms with Crippen LogP contribution in [-0.2, 0) is 6.54 Å². The number of benzene rings is 2. The molecule has 4 heteroatoms. The molecular formula is C20H21NO3. The van der Waals surface area contributed by atoms with Gasteiger partial charge in [0.25, 0.3) is 0 Å². The molecule has 1 heterocycles. The SMILES string of the molecule is Cc1ccc(C)c(OCCCn2cc(C(=O)O)c3ccccc32)c1. The Morgan fingerprint density at radius 3 is 2.75 bits per heavy atom. The summed E-state index contributed by atoms with van der Waals surface area (Å²) in [5.74, 6) is 0.0233. The summed E-state index contributed by atoms with van der Waals surface area (Å²) in [4.78, 5) is 11.4. The molecule has 0 saturated heterocycles. The first-order valence-electron chi connectivity index (χ1n) is 8.07. The van der Waals surface area contributed by atoms with Gasteiger partial charge in [0.05, 0.1) is 12.2 Å². The first-order chi connectivity index (χ1) is 11.6. The molecule has 0 amide bonds. The van der Waals surface area contributed by atoms with E-state index in [1.807, 2.05) is 48.7 Å². The number of carboxylic acids is 1. The molecule has 3 rings (SSSR count). The van der Waals surface area contributed by atoms with Gasteiger partial charge in [0, 0.05) is 23.6 Å². The van der Waals surface area contributed by atoms with Gasteiger partial charge in [-0.1, -0.05) is 30.3 Å². The van der Waals surface area contributed by atoms with Crippen LogP contribution >= 0.6 is 0 Å². The number of rotatable bonds is 6. The third-order valence-electron chi connectivity index (χ3n) is 4.16. The number of ether oxygens (including phenoxy) is 1. The number of carbonyl (C=O) groups is 1. The summed E-state index contributed by atoms with van der Waals surface area (Å²) in [6.07, 6.45) is 2.52. The Morgan fingerprint density at radius 2 is 1.96 bits per heavy atom. The number of carboxylic acid groups (broad SMARTS) is 1. The van der Waals surface area contributed by atoms with Crippen LogP contribution in [0.5, 0.6) is 5.75 Å². The van der Waals surface area contributed by atoms with Crippen LogP contribution in [0, 0.1) is 13.8 Å². The third-order valence-corrected chi connectivity index (χ3v) is 4.16. The number of aromatic carboxylic acids is 1. The Morgan fingerprint density at radius 1 is 1.17 bits per heavy atom. The maximum Gasteiger partial charge on any atom is 0.337 e. The van der Waals surface area contributed by atoms with Crippen molar-refractivity contribution in [3.05, 3.63) is 65.4 Å². The molecule has 0 unspecified atom stereocenters. The van der Waals surface area contributed by atoms with Crippen LogP contribution in [-0.4, -0.2) is 22.2 Å². The Balaban J connectivity index is 1.68. The molecule has 1 aromatic heterocycles. The van der Waals surface area contributed by atoms with Crippen molar-refractivity contribution in [2.24, 2.45) is 0 Å². The Bertz CT molecular complexity index is 880. The normalized spacial score (nSPS) is 10.9. The van der Waals surface area contributed by atoms with E-state index in [0.717, 1.165) is 35.2 Å². The zero-order valence-electron chi connectivity index (χ0n) is 14.0. The van der Waals surface area contributed by atoms with Crippen molar-refractivity contribution in [3.63, 3.8) is 0 Å². The van der Waals surface area contributed by atoms with Crippen LogP contribution in [0.1, 0.15) is 27.9 Å². The largest absolute Gasteiger partial charge is 0.493 e. The van der Waals surface area contributed by atoms with E-state index in [0.29, 0.717) is 12.2 Å². The smallest absolute Gasteiger partial charge is 0.337 e. The molecule has 0 bridgehead atoms. The quantitative estimate of drug-likeness (QED) is 0.683. The average molecular weight is 323 g/mol. The Labute approximate surface area is 141 Å². The lowest BCUT2D eigenvalue weighted by atomic mass is 10.1. The van der Waals surface area contributed by atoms with E-state index in [1.165, 1.54) is 5.56 Å². The van der Waals surface area contributed by atoms with Gasteiger partial charge in [0.1, 0.15) is 5.75 Å². The second-order valence-electron chi connectivity index (χ2n) is 6.03. The van der Waals surface area contributed by atoms with Crippen molar-refractivity contribution in [3.8, 4) is 5.75 Å². The summed E-state index contributed by atoms with van der Waals surface area (Å²) in [7, 11) is 0. The molecule has 1 N–H and O–H groups in total. The van der Waals surface area contributed by atoms with Gasteiger partial charge in [-0.3, -0.25) is 0 Å². The molecule has 0 aliphatic heterocycles. The van der Waals surface area contributed by atoms with E-state index in [-0.39, 0.29) is 0 Å². The van der Waals surface area contributed by atoms with E-state index in [9.17, 15) is 9.90 Å². The minimum Gasteiger partial charge on any atom is -0.493 e.